The summed E-state index contributed by atoms with van der Waals surface area (Å²) in [5, 5.41) is 9.66. The van der Waals surface area contributed by atoms with E-state index in [-0.39, 0.29) is 11.8 Å². The maximum Gasteiger partial charge on any atom is 0.421 e. The van der Waals surface area contributed by atoms with Crippen LogP contribution in [0.4, 0.5) is 0 Å². The van der Waals surface area contributed by atoms with Crippen molar-refractivity contribution in [3.05, 3.63) is 41.1 Å². The lowest BCUT2D eigenvalue weighted by atomic mass is 9.87. The summed E-state index contributed by atoms with van der Waals surface area (Å²) in [5.41, 5.74) is 2.40. The van der Waals surface area contributed by atoms with Crippen LogP contribution < -0.4 is 0 Å². The quantitative estimate of drug-likeness (QED) is 0.421. The highest BCUT2D eigenvalue weighted by Crippen LogP contribution is 2.55. The van der Waals surface area contributed by atoms with Gasteiger partial charge < -0.3 is 9.47 Å². The van der Waals surface area contributed by atoms with E-state index in [4.69, 9.17) is 14.7 Å². The second-order valence-corrected chi connectivity index (χ2v) is 8.43. The fourth-order valence-electron chi connectivity index (χ4n) is 4.16. The van der Waals surface area contributed by atoms with Crippen LogP contribution in [0.25, 0.3) is 0 Å². The molecule has 3 aliphatic rings. The monoisotopic (exact) mass is 414 g/mol. The van der Waals surface area contributed by atoms with Gasteiger partial charge in [-0.25, -0.2) is 14.5 Å². The highest BCUT2D eigenvalue weighted by Gasteiger charge is 2.68. The first-order valence-electron chi connectivity index (χ1n) is 8.76. The fraction of sp³-hybridized carbons (Fsp3) is 0.389. The highest BCUT2D eigenvalue weighted by atomic mass is 32.2. The molecule has 0 amide bonds. The van der Waals surface area contributed by atoms with Gasteiger partial charge in [0.15, 0.2) is 0 Å². The molecule has 10 heteroatoms. The normalized spacial score (nSPS) is 27.0. The van der Waals surface area contributed by atoms with Crippen LogP contribution in [0.3, 0.4) is 0 Å². The summed E-state index contributed by atoms with van der Waals surface area (Å²) in [4.78, 5) is 25.5. The lowest BCUT2D eigenvalue weighted by Gasteiger charge is -2.37. The van der Waals surface area contributed by atoms with Gasteiger partial charge in [-0.15, -0.1) is 0 Å². The Morgan fingerprint density at radius 3 is 2.71 bits per heavy atom. The minimum absolute atomic E-state index is 0.192. The zero-order valence-corrected chi connectivity index (χ0v) is 16.2. The number of aromatic nitrogens is 2. The molecule has 2 bridgehead atoms. The molecule has 3 unspecified atom stereocenters. The minimum Gasteiger partial charge on any atom is -0.399 e. The van der Waals surface area contributed by atoms with Crippen molar-refractivity contribution in [1.29, 1.82) is 5.26 Å². The Hall–Kier alpha value is -2.48. The Morgan fingerprint density at radius 1 is 1.25 bits per heavy atom. The molecule has 8 nitrogen and oxygen atoms in total. The summed E-state index contributed by atoms with van der Waals surface area (Å²) in [6, 6.07) is 9.50. The molecule has 0 N–H and O–H groups in total. The molecule has 3 atom stereocenters. The summed E-state index contributed by atoms with van der Waals surface area (Å²) in [6.07, 6.45) is 0.929. The van der Waals surface area contributed by atoms with E-state index in [1.54, 1.807) is 12.1 Å². The zero-order valence-electron chi connectivity index (χ0n) is 14.5. The van der Waals surface area contributed by atoms with Gasteiger partial charge in [0.05, 0.1) is 23.4 Å². The van der Waals surface area contributed by atoms with Gasteiger partial charge in [-0.2, -0.15) is 14.0 Å². The third-order valence-electron chi connectivity index (χ3n) is 5.41. The number of rotatable bonds is 4. The first-order valence-corrected chi connectivity index (χ1v) is 10.5. The Balaban J connectivity index is 1.41. The zero-order chi connectivity index (χ0) is 19.3. The largest absolute Gasteiger partial charge is 0.421 e. The van der Waals surface area contributed by atoms with Crippen LogP contribution in [0.15, 0.2) is 29.3 Å². The van der Waals surface area contributed by atoms with E-state index < -0.39 is 17.8 Å². The van der Waals surface area contributed by atoms with Crippen LogP contribution in [0.5, 0.6) is 0 Å². The second-order valence-electron chi connectivity index (χ2n) is 6.93. The van der Waals surface area contributed by atoms with E-state index in [0.29, 0.717) is 24.4 Å². The van der Waals surface area contributed by atoms with Gasteiger partial charge in [0.1, 0.15) is 16.6 Å². The van der Waals surface area contributed by atoms with Crippen molar-refractivity contribution in [2.45, 2.75) is 29.0 Å². The molecule has 28 heavy (non-hydrogen) atoms. The molecule has 1 aromatic carbocycles. The van der Waals surface area contributed by atoms with Gasteiger partial charge in [0, 0.05) is 18.8 Å². The van der Waals surface area contributed by atoms with Gasteiger partial charge >= 0.3 is 17.8 Å². The van der Waals surface area contributed by atoms with E-state index in [2.05, 4.69) is 14.8 Å². The first kappa shape index (κ1) is 17.6. The smallest absolute Gasteiger partial charge is 0.399 e. The average molecular weight is 414 g/mol. The van der Waals surface area contributed by atoms with E-state index >= 15 is 0 Å². The molecule has 5 rings (SSSR count). The van der Waals surface area contributed by atoms with E-state index in [9.17, 15) is 9.59 Å². The molecule has 0 aliphatic carbocycles. The molecule has 1 spiro atoms. The van der Waals surface area contributed by atoms with Crippen molar-refractivity contribution < 1.29 is 19.1 Å². The Morgan fingerprint density at radius 2 is 2.00 bits per heavy atom. The van der Waals surface area contributed by atoms with Crippen molar-refractivity contribution in [2.24, 2.45) is 5.92 Å². The standard InChI is InChI=1S/C18H14N4O4S2/c19-7-10-1-3-11(4-2-10)9-27-15-14(20-28-21-15)13-12-5-6-22(8-12)18(13)25-16(23)17(24)26-18/h1-4,12-13H,5-6,8-9H2. The topological polar surface area (TPSA) is 105 Å². The number of hydrogen-bond acceptors (Lipinski definition) is 10. The number of ether oxygens (including phenoxy) is 2. The molecule has 142 valence electrons. The summed E-state index contributed by atoms with van der Waals surface area (Å²) in [7, 11) is 0. The fourth-order valence-corrected chi connectivity index (χ4v) is 5.84. The third-order valence-corrected chi connectivity index (χ3v) is 7.12. The maximum atomic E-state index is 11.8. The molecular formula is C18H14N4O4S2. The van der Waals surface area contributed by atoms with E-state index in [1.165, 1.54) is 11.8 Å². The molecule has 0 saturated carbocycles. The van der Waals surface area contributed by atoms with Crippen molar-refractivity contribution in [2.75, 3.05) is 13.1 Å². The average Bonchev–Trinajstić information content (AvgIpc) is 3.46. The number of benzene rings is 1. The molecule has 2 aromatic rings. The number of piperidine rings is 1. The predicted octanol–water partition coefficient (Wildman–Crippen LogP) is 1.87. The summed E-state index contributed by atoms with van der Waals surface area (Å²) < 4.78 is 19.8. The van der Waals surface area contributed by atoms with Gasteiger partial charge in [-0.1, -0.05) is 23.9 Å². The van der Waals surface area contributed by atoms with Crippen LogP contribution >= 0.6 is 23.5 Å². The van der Waals surface area contributed by atoms with Crippen molar-refractivity contribution in [1.82, 2.24) is 13.6 Å². The third kappa shape index (κ3) is 2.62. The molecule has 4 heterocycles. The van der Waals surface area contributed by atoms with Crippen LogP contribution in [-0.4, -0.2) is 44.6 Å². The molecule has 3 saturated heterocycles. The minimum atomic E-state index is -1.38. The number of carbonyl (C=O) groups excluding carboxylic acids is 2. The van der Waals surface area contributed by atoms with Crippen molar-refractivity contribution in [3.8, 4) is 6.07 Å². The Kier molecular flexibility index (Phi) is 4.12. The number of fused-ring (bicyclic) bond motifs is 3. The van der Waals surface area contributed by atoms with Crippen molar-refractivity contribution >= 4 is 35.4 Å². The number of thioether (sulfide) groups is 1. The van der Waals surface area contributed by atoms with Crippen LogP contribution in [0, 0.1) is 17.2 Å². The molecule has 3 aliphatic heterocycles. The van der Waals surface area contributed by atoms with Gasteiger partial charge in [-0.05, 0) is 30.0 Å². The van der Waals surface area contributed by atoms with Gasteiger partial charge in [-0.3, -0.25) is 0 Å². The lowest BCUT2D eigenvalue weighted by molar-refractivity contribution is -0.249. The van der Waals surface area contributed by atoms with Gasteiger partial charge in [0.2, 0.25) is 0 Å². The summed E-state index contributed by atoms with van der Waals surface area (Å²) in [5.74, 6) is -2.76. The number of carbonyl (C=O) groups is 2. The number of esters is 2. The Bertz CT molecular complexity index is 984. The number of hydrogen-bond donors (Lipinski definition) is 0. The van der Waals surface area contributed by atoms with Crippen molar-refractivity contribution in [3.63, 3.8) is 0 Å². The lowest BCUT2D eigenvalue weighted by Crippen LogP contribution is -2.50. The van der Waals surface area contributed by atoms with Crippen LogP contribution in [0.2, 0.25) is 0 Å². The Labute approximate surface area is 168 Å². The molecular weight excluding hydrogens is 400 g/mol. The van der Waals surface area contributed by atoms with Crippen LogP contribution in [-0.2, 0) is 24.8 Å². The van der Waals surface area contributed by atoms with E-state index in [1.807, 2.05) is 17.0 Å². The summed E-state index contributed by atoms with van der Waals surface area (Å²) >= 11 is 2.63. The highest BCUT2D eigenvalue weighted by molar-refractivity contribution is 7.98. The second kappa shape index (κ2) is 6.55. The number of nitriles is 1. The maximum absolute atomic E-state index is 11.8. The summed E-state index contributed by atoms with van der Waals surface area (Å²) in [6.45, 7) is 1.41. The predicted molar refractivity (Wildman–Crippen MR) is 98.0 cm³/mol. The molecule has 0 radical (unpaired) electrons. The van der Waals surface area contributed by atoms with Crippen LogP contribution in [0.1, 0.15) is 29.2 Å². The molecule has 1 aromatic heterocycles. The molecule has 3 fully saturated rings. The van der Waals surface area contributed by atoms with Gasteiger partial charge in [0.25, 0.3) is 0 Å². The number of nitrogens with zero attached hydrogens (tertiary/aromatic N) is 4. The first-order chi connectivity index (χ1) is 13.6. The van der Waals surface area contributed by atoms with E-state index in [0.717, 1.165) is 34.4 Å². The SMILES string of the molecule is N#Cc1ccc(CSc2nsnc2C2C3CCN(C3)C23OC(=O)C(=O)O3)cc1.